The van der Waals surface area contributed by atoms with E-state index in [0.29, 0.717) is 12.1 Å². The second-order valence-corrected chi connectivity index (χ2v) is 4.68. The van der Waals surface area contributed by atoms with Gasteiger partial charge in [0.1, 0.15) is 0 Å². The fourth-order valence-electron chi connectivity index (χ4n) is 2.32. The number of nitrogens with zero attached hydrogens (tertiary/aromatic N) is 1. The SMILES string of the molecule is C[C@H](NC1CCC(O)CC1)c1cccnc1. The van der Waals surface area contributed by atoms with Gasteiger partial charge in [-0.25, -0.2) is 0 Å². The minimum Gasteiger partial charge on any atom is -0.393 e. The molecule has 0 radical (unpaired) electrons. The maximum absolute atomic E-state index is 9.44. The van der Waals surface area contributed by atoms with E-state index in [2.05, 4.69) is 23.3 Å². The van der Waals surface area contributed by atoms with Gasteiger partial charge in [0.15, 0.2) is 0 Å². The van der Waals surface area contributed by atoms with E-state index in [1.165, 1.54) is 5.56 Å². The van der Waals surface area contributed by atoms with Crippen LogP contribution in [-0.2, 0) is 0 Å². The van der Waals surface area contributed by atoms with E-state index in [9.17, 15) is 5.11 Å². The molecule has 0 amide bonds. The molecule has 3 nitrogen and oxygen atoms in total. The first-order chi connectivity index (χ1) is 7.75. The van der Waals surface area contributed by atoms with Crippen LogP contribution < -0.4 is 5.32 Å². The lowest BCUT2D eigenvalue weighted by atomic mass is 9.92. The van der Waals surface area contributed by atoms with Crippen LogP contribution in [0.15, 0.2) is 24.5 Å². The number of hydrogen-bond donors (Lipinski definition) is 2. The molecule has 0 aromatic carbocycles. The van der Waals surface area contributed by atoms with Crippen LogP contribution in [0.5, 0.6) is 0 Å². The average molecular weight is 220 g/mol. The Morgan fingerprint density at radius 2 is 2.12 bits per heavy atom. The number of aliphatic hydroxyl groups excluding tert-OH is 1. The summed E-state index contributed by atoms with van der Waals surface area (Å²) >= 11 is 0. The monoisotopic (exact) mass is 220 g/mol. The number of aliphatic hydroxyl groups is 1. The van der Waals surface area contributed by atoms with E-state index >= 15 is 0 Å². The number of nitrogens with one attached hydrogen (secondary N) is 1. The van der Waals surface area contributed by atoms with Gasteiger partial charge in [-0.05, 0) is 44.2 Å². The molecule has 1 aromatic rings. The van der Waals surface area contributed by atoms with Crippen molar-refractivity contribution in [2.75, 3.05) is 0 Å². The van der Waals surface area contributed by atoms with Crippen molar-refractivity contribution < 1.29 is 5.11 Å². The zero-order valence-corrected chi connectivity index (χ0v) is 9.76. The summed E-state index contributed by atoms with van der Waals surface area (Å²) in [4.78, 5) is 4.13. The highest BCUT2D eigenvalue weighted by molar-refractivity contribution is 5.13. The minimum absolute atomic E-state index is 0.0771. The molecule has 0 aliphatic heterocycles. The van der Waals surface area contributed by atoms with Crippen LogP contribution in [0.4, 0.5) is 0 Å². The lowest BCUT2D eigenvalue weighted by molar-refractivity contribution is 0.114. The van der Waals surface area contributed by atoms with Gasteiger partial charge in [0, 0.05) is 24.5 Å². The lowest BCUT2D eigenvalue weighted by Crippen LogP contribution is -2.36. The molecule has 1 fully saturated rings. The van der Waals surface area contributed by atoms with Crippen LogP contribution in [0.1, 0.15) is 44.2 Å². The molecule has 1 atom stereocenters. The number of rotatable bonds is 3. The Hall–Kier alpha value is -0.930. The van der Waals surface area contributed by atoms with Gasteiger partial charge >= 0.3 is 0 Å². The minimum atomic E-state index is -0.0771. The Morgan fingerprint density at radius 1 is 1.38 bits per heavy atom. The molecule has 1 saturated carbocycles. The normalized spacial score (nSPS) is 27.6. The standard InChI is InChI=1S/C13H20N2O/c1-10(11-3-2-8-14-9-11)15-12-4-6-13(16)7-5-12/h2-3,8-10,12-13,15-16H,4-7H2,1H3/t10-,12?,13?/m0/s1. The maximum atomic E-state index is 9.44. The van der Waals surface area contributed by atoms with Crippen molar-refractivity contribution in [2.24, 2.45) is 0 Å². The van der Waals surface area contributed by atoms with Crippen molar-refractivity contribution >= 4 is 0 Å². The highest BCUT2D eigenvalue weighted by atomic mass is 16.3. The molecule has 0 unspecified atom stereocenters. The molecular weight excluding hydrogens is 200 g/mol. The third kappa shape index (κ3) is 3.03. The van der Waals surface area contributed by atoms with Crippen LogP contribution >= 0.6 is 0 Å². The summed E-state index contributed by atoms with van der Waals surface area (Å²) in [6.45, 7) is 2.17. The summed E-state index contributed by atoms with van der Waals surface area (Å²) < 4.78 is 0. The number of pyridine rings is 1. The van der Waals surface area contributed by atoms with Crippen molar-refractivity contribution in [2.45, 2.75) is 50.8 Å². The van der Waals surface area contributed by atoms with E-state index in [4.69, 9.17) is 0 Å². The van der Waals surface area contributed by atoms with Crippen molar-refractivity contribution in [3.8, 4) is 0 Å². The van der Waals surface area contributed by atoms with Gasteiger partial charge in [-0.3, -0.25) is 4.98 Å². The average Bonchev–Trinajstić information content (AvgIpc) is 2.33. The van der Waals surface area contributed by atoms with Crippen LogP contribution in [0.3, 0.4) is 0 Å². The summed E-state index contributed by atoms with van der Waals surface area (Å²) in [5, 5.41) is 13.0. The third-order valence-corrected chi connectivity index (χ3v) is 3.37. The summed E-state index contributed by atoms with van der Waals surface area (Å²) in [7, 11) is 0. The van der Waals surface area contributed by atoms with E-state index in [1.807, 2.05) is 12.3 Å². The lowest BCUT2D eigenvalue weighted by Gasteiger charge is -2.29. The van der Waals surface area contributed by atoms with Crippen molar-refractivity contribution in [1.29, 1.82) is 0 Å². The van der Waals surface area contributed by atoms with Gasteiger partial charge in [0.25, 0.3) is 0 Å². The topological polar surface area (TPSA) is 45.1 Å². The molecule has 1 aromatic heterocycles. The van der Waals surface area contributed by atoms with E-state index < -0.39 is 0 Å². The van der Waals surface area contributed by atoms with Crippen LogP contribution in [0.25, 0.3) is 0 Å². The van der Waals surface area contributed by atoms with Gasteiger partial charge in [-0.1, -0.05) is 6.07 Å². The Labute approximate surface area is 96.9 Å². The summed E-state index contributed by atoms with van der Waals surface area (Å²) in [5.74, 6) is 0. The number of hydrogen-bond acceptors (Lipinski definition) is 3. The largest absolute Gasteiger partial charge is 0.393 e. The second kappa shape index (κ2) is 5.41. The van der Waals surface area contributed by atoms with Gasteiger partial charge in [-0.2, -0.15) is 0 Å². The first-order valence-corrected chi connectivity index (χ1v) is 6.09. The van der Waals surface area contributed by atoms with Crippen LogP contribution in [0, 0.1) is 0 Å². The van der Waals surface area contributed by atoms with Crippen molar-refractivity contribution in [3.05, 3.63) is 30.1 Å². The fourth-order valence-corrected chi connectivity index (χ4v) is 2.32. The molecule has 1 aliphatic rings. The molecule has 0 spiro atoms. The van der Waals surface area contributed by atoms with E-state index in [0.717, 1.165) is 25.7 Å². The summed E-state index contributed by atoms with van der Waals surface area (Å²) in [6.07, 6.45) is 7.64. The molecule has 1 aliphatic carbocycles. The zero-order chi connectivity index (χ0) is 11.4. The first-order valence-electron chi connectivity index (χ1n) is 6.09. The molecule has 0 saturated heterocycles. The predicted molar refractivity (Wildman–Crippen MR) is 64.1 cm³/mol. The second-order valence-electron chi connectivity index (χ2n) is 4.68. The zero-order valence-electron chi connectivity index (χ0n) is 9.76. The Morgan fingerprint density at radius 3 is 2.75 bits per heavy atom. The van der Waals surface area contributed by atoms with Gasteiger partial charge < -0.3 is 10.4 Å². The quantitative estimate of drug-likeness (QED) is 0.819. The molecule has 1 heterocycles. The number of aromatic nitrogens is 1. The van der Waals surface area contributed by atoms with Gasteiger partial charge in [-0.15, -0.1) is 0 Å². The third-order valence-electron chi connectivity index (χ3n) is 3.37. The van der Waals surface area contributed by atoms with Gasteiger partial charge in [0.2, 0.25) is 0 Å². The van der Waals surface area contributed by atoms with E-state index in [-0.39, 0.29) is 6.10 Å². The Bertz CT molecular complexity index is 307. The van der Waals surface area contributed by atoms with Crippen LogP contribution in [0.2, 0.25) is 0 Å². The molecule has 2 rings (SSSR count). The summed E-state index contributed by atoms with van der Waals surface area (Å²) in [5.41, 5.74) is 1.23. The smallest absolute Gasteiger partial charge is 0.0541 e. The van der Waals surface area contributed by atoms with Gasteiger partial charge in [0.05, 0.1) is 6.10 Å². The van der Waals surface area contributed by atoms with Crippen molar-refractivity contribution in [1.82, 2.24) is 10.3 Å². The Balaban J connectivity index is 1.86. The molecule has 16 heavy (non-hydrogen) atoms. The fraction of sp³-hybridized carbons (Fsp3) is 0.615. The van der Waals surface area contributed by atoms with Crippen LogP contribution in [-0.4, -0.2) is 22.2 Å². The summed E-state index contributed by atoms with van der Waals surface area (Å²) in [6, 6.07) is 4.95. The van der Waals surface area contributed by atoms with Crippen molar-refractivity contribution in [3.63, 3.8) is 0 Å². The van der Waals surface area contributed by atoms with E-state index in [1.54, 1.807) is 6.20 Å². The molecule has 88 valence electrons. The highest BCUT2D eigenvalue weighted by Crippen LogP contribution is 2.21. The molecule has 3 heteroatoms. The molecule has 0 bridgehead atoms. The molecule has 2 N–H and O–H groups in total. The molecular formula is C13H20N2O. The first kappa shape index (κ1) is 11.6. The maximum Gasteiger partial charge on any atom is 0.0541 e. The Kier molecular flexibility index (Phi) is 3.91. The highest BCUT2D eigenvalue weighted by Gasteiger charge is 2.20. The predicted octanol–water partition coefficient (Wildman–Crippen LogP) is 2.04.